The van der Waals surface area contributed by atoms with Crippen LogP contribution >= 0.6 is 11.6 Å². The molecule has 0 unspecified atom stereocenters. The zero-order valence-electron chi connectivity index (χ0n) is 25.2. The second-order valence-corrected chi connectivity index (χ2v) is 12.3. The van der Waals surface area contributed by atoms with Gasteiger partial charge in [-0.2, -0.15) is 4.31 Å². The van der Waals surface area contributed by atoms with Gasteiger partial charge in [0.15, 0.2) is 0 Å². The van der Waals surface area contributed by atoms with E-state index in [4.69, 9.17) is 21.1 Å². The predicted molar refractivity (Wildman–Crippen MR) is 160 cm³/mol. The quantitative estimate of drug-likeness (QED) is 0.334. The Labute approximate surface area is 245 Å². The number of rotatable bonds is 13. The summed E-state index contributed by atoms with van der Waals surface area (Å²) in [5, 5.41) is 0.577. The van der Waals surface area contributed by atoms with Gasteiger partial charge in [0.05, 0.1) is 23.6 Å². The van der Waals surface area contributed by atoms with Gasteiger partial charge in [0.1, 0.15) is 23.9 Å². The van der Waals surface area contributed by atoms with Crippen molar-refractivity contribution in [1.82, 2.24) is 14.1 Å². The molecular formula is C29H44ClN3O6S. The van der Waals surface area contributed by atoms with Crippen molar-refractivity contribution in [2.24, 2.45) is 0 Å². The zero-order valence-corrected chi connectivity index (χ0v) is 26.8. The summed E-state index contributed by atoms with van der Waals surface area (Å²) in [5.74, 6) is 1.25. The van der Waals surface area contributed by atoms with Crippen molar-refractivity contribution in [1.29, 1.82) is 0 Å². The van der Waals surface area contributed by atoms with Crippen LogP contribution in [0.25, 0.3) is 0 Å². The number of carbonyl (C=O) groups excluding carboxylic acids is 2. The summed E-state index contributed by atoms with van der Waals surface area (Å²) in [4.78, 5) is 26.8. The van der Waals surface area contributed by atoms with Crippen LogP contribution in [-0.4, -0.2) is 89.2 Å². The number of sulfonamides is 1. The molecule has 1 amide bonds. The number of ether oxygens (including phenoxy) is 2. The zero-order chi connectivity index (χ0) is 30.6. The summed E-state index contributed by atoms with van der Waals surface area (Å²) in [6.07, 6.45) is 1.10. The normalized spacial score (nSPS) is 11.2. The van der Waals surface area contributed by atoms with Crippen LogP contribution in [0.5, 0.6) is 11.5 Å². The Morgan fingerprint density at radius 1 is 1.00 bits per heavy atom. The molecule has 0 atom stereocenters. The highest BCUT2D eigenvalue weighted by atomic mass is 35.5. The van der Waals surface area contributed by atoms with E-state index in [0.717, 1.165) is 16.4 Å². The summed E-state index contributed by atoms with van der Waals surface area (Å²) in [6, 6.07) is 8.98. The molecule has 224 valence electrons. The van der Waals surface area contributed by atoms with Crippen LogP contribution in [0.4, 0.5) is 0 Å². The monoisotopic (exact) mass is 597 g/mol. The molecule has 0 N–H and O–H groups in total. The lowest BCUT2D eigenvalue weighted by Gasteiger charge is -2.20. The summed E-state index contributed by atoms with van der Waals surface area (Å²) in [7, 11) is 5.04. The number of likely N-dealkylation sites (N-methyl/N-ethyl adjacent to an activating group) is 2. The van der Waals surface area contributed by atoms with E-state index in [1.165, 1.54) is 14.2 Å². The van der Waals surface area contributed by atoms with Crippen molar-refractivity contribution >= 4 is 33.3 Å². The maximum absolute atomic E-state index is 12.6. The molecule has 11 heteroatoms. The molecule has 0 aliphatic carbocycles. The predicted octanol–water partition coefficient (Wildman–Crippen LogP) is 4.56. The molecule has 0 saturated carbocycles. The Morgan fingerprint density at radius 2 is 1.60 bits per heavy atom. The van der Waals surface area contributed by atoms with Crippen LogP contribution in [-0.2, 0) is 26.2 Å². The number of amides is 1. The Morgan fingerprint density at radius 3 is 2.08 bits per heavy atom. The van der Waals surface area contributed by atoms with Crippen LogP contribution in [0.1, 0.15) is 43.4 Å². The highest BCUT2D eigenvalue weighted by Crippen LogP contribution is 2.28. The van der Waals surface area contributed by atoms with Gasteiger partial charge in [-0.05, 0) is 75.3 Å². The van der Waals surface area contributed by atoms with Crippen LogP contribution in [0.3, 0.4) is 0 Å². The number of halogens is 1. The second kappa shape index (κ2) is 16.6. The van der Waals surface area contributed by atoms with Crippen LogP contribution in [0.15, 0.2) is 35.2 Å². The lowest BCUT2D eigenvalue weighted by molar-refractivity contribution is -0.128. The third-order valence-corrected chi connectivity index (χ3v) is 8.42. The molecule has 0 aliphatic rings. The third-order valence-electron chi connectivity index (χ3n) is 6.02. The fraction of sp³-hybridized carbons (Fsp3) is 0.517. The molecule has 0 heterocycles. The summed E-state index contributed by atoms with van der Waals surface area (Å²) in [6.45, 7) is 8.78. The Hall–Kier alpha value is -2.66. The molecule has 2 rings (SSSR count). The topological polar surface area (TPSA) is 96.5 Å². The summed E-state index contributed by atoms with van der Waals surface area (Å²) < 4.78 is 37.1. The summed E-state index contributed by atoms with van der Waals surface area (Å²) >= 11 is 6.17. The number of hydrogen-bond donors (Lipinski definition) is 0. The number of nitrogens with zero attached hydrogens (tertiary/aromatic N) is 3. The van der Waals surface area contributed by atoms with Gasteiger partial charge in [0, 0.05) is 40.5 Å². The van der Waals surface area contributed by atoms with Crippen molar-refractivity contribution in [2.45, 2.75) is 52.0 Å². The standard InChI is InChI=1S/C15H23NO4S.C14H21ClN2O2/c1-6-7-13(17)10-16(4)21(18,19)15-11(2)8-14(20-5)9-12(15)3;1-11(18)17(4)10-12-5-6-14(13(15)9-12)19-8-7-16(2)3/h8-9H,6-7,10H2,1-5H3;5-6,9H,7-8,10H2,1-4H3. The minimum Gasteiger partial charge on any atom is -0.497 e. The number of aryl methyl sites for hydroxylation is 2. The lowest BCUT2D eigenvalue weighted by atomic mass is 10.1. The molecule has 9 nitrogen and oxygen atoms in total. The van der Waals surface area contributed by atoms with Gasteiger partial charge in [0.25, 0.3) is 0 Å². The van der Waals surface area contributed by atoms with Crippen molar-refractivity contribution in [3.05, 3.63) is 52.0 Å². The smallest absolute Gasteiger partial charge is 0.243 e. The molecule has 2 aromatic carbocycles. The highest BCUT2D eigenvalue weighted by Gasteiger charge is 2.26. The number of methoxy groups -OCH3 is 1. The first-order valence-electron chi connectivity index (χ1n) is 13.0. The van der Waals surface area contributed by atoms with Gasteiger partial charge in [0.2, 0.25) is 15.9 Å². The van der Waals surface area contributed by atoms with E-state index in [-0.39, 0.29) is 23.1 Å². The van der Waals surface area contributed by atoms with Gasteiger partial charge in [-0.1, -0.05) is 24.6 Å². The van der Waals surface area contributed by atoms with Crippen LogP contribution < -0.4 is 9.47 Å². The van der Waals surface area contributed by atoms with Gasteiger partial charge < -0.3 is 19.3 Å². The number of benzene rings is 2. The number of Topliss-reactive ketones (excluding diaryl/α,β-unsaturated/α-hetero) is 1. The Balaban J connectivity index is 0.000000402. The first-order chi connectivity index (χ1) is 18.6. The number of hydrogen-bond acceptors (Lipinski definition) is 7. The van der Waals surface area contributed by atoms with E-state index in [1.54, 1.807) is 44.9 Å². The van der Waals surface area contributed by atoms with E-state index >= 15 is 0 Å². The second-order valence-electron chi connectivity index (χ2n) is 9.93. The van der Waals surface area contributed by atoms with Crippen molar-refractivity contribution in [2.75, 3.05) is 55.0 Å². The van der Waals surface area contributed by atoms with E-state index in [1.807, 2.05) is 44.1 Å². The molecule has 2 aromatic rings. The molecule has 0 bridgehead atoms. The minimum absolute atomic E-state index is 0.0300. The first-order valence-corrected chi connectivity index (χ1v) is 14.9. The van der Waals surface area contributed by atoms with Crippen molar-refractivity contribution in [3.8, 4) is 11.5 Å². The van der Waals surface area contributed by atoms with Crippen LogP contribution in [0, 0.1) is 13.8 Å². The largest absolute Gasteiger partial charge is 0.497 e. The molecule has 0 aliphatic heterocycles. The molecule has 0 saturated heterocycles. The Kier molecular flexibility index (Phi) is 14.6. The van der Waals surface area contributed by atoms with Gasteiger partial charge in [-0.3, -0.25) is 9.59 Å². The van der Waals surface area contributed by atoms with E-state index in [9.17, 15) is 18.0 Å². The van der Waals surface area contributed by atoms with Gasteiger partial charge in [-0.25, -0.2) is 8.42 Å². The van der Waals surface area contributed by atoms with Crippen LogP contribution in [0.2, 0.25) is 5.02 Å². The average Bonchev–Trinajstić information content (AvgIpc) is 2.84. The minimum atomic E-state index is -3.68. The maximum atomic E-state index is 12.6. The highest BCUT2D eigenvalue weighted by molar-refractivity contribution is 7.89. The Bertz CT molecular complexity index is 1230. The molecule has 0 spiro atoms. The van der Waals surface area contributed by atoms with E-state index in [0.29, 0.717) is 53.6 Å². The molecule has 0 radical (unpaired) electrons. The number of ketones is 1. The van der Waals surface area contributed by atoms with E-state index < -0.39 is 10.0 Å². The van der Waals surface area contributed by atoms with Gasteiger partial charge in [-0.15, -0.1) is 0 Å². The molecule has 40 heavy (non-hydrogen) atoms. The van der Waals surface area contributed by atoms with Crippen molar-refractivity contribution in [3.63, 3.8) is 0 Å². The number of carbonyl (C=O) groups is 2. The SMILES string of the molecule is CC(=O)N(C)Cc1ccc(OCCN(C)C)c(Cl)c1.CCCC(=O)CN(C)S(=O)(=O)c1c(C)cc(OC)cc1C. The average molecular weight is 598 g/mol. The maximum Gasteiger partial charge on any atom is 0.243 e. The fourth-order valence-electron chi connectivity index (χ4n) is 3.77. The molecule has 0 aromatic heterocycles. The first kappa shape index (κ1) is 35.4. The summed E-state index contributed by atoms with van der Waals surface area (Å²) in [5.41, 5.74) is 2.21. The molecular weight excluding hydrogens is 554 g/mol. The van der Waals surface area contributed by atoms with E-state index in [2.05, 4.69) is 0 Å². The lowest BCUT2D eigenvalue weighted by Crippen LogP contribution is -2.33. The third kappa shape index (κ3) is 11.1. The van der Waals surface area contributed by atoms with Crippen molar-refractivity contribution < 1.29 is 27.5 Å². The molecule has 0 fully saturated rings. The van der Waals surface area contributed by atoms with Gasteiger partial charge >= 0.3 is 0 Å². The fourth-order valence-corrected chi connectivity index (χ4v) is 5.58.